The van der Waals surface area contributed by atoms with Gasteiger partial charge in [-0.1, -0.05) is 0 Å². The van der Waals surface area contributed by atoms with Gasteiger partial charge in [0.05, 0.1) is 11.9 Å². The van der Waals surface area contributed by atoms with Crippen LogP contribution in [-0.2, 0) is 4.79 Å². The smallest absolute Gasteiger partial charge is 0.262 e. The van der Waals surface area contributed by atoms with Gasteiger partial charge in [-0.15, -0.1) is 0 Å². The second-order valence-corrected chi connectivity index (χ2v) is 4.43. The van der Waals surface area contributed by atoms with E-state index in [1.165, 1.54) is 0 Å². The van der Waals surface area contributed by atoms with E-state index in [1.54, 1.807) is 24.4 Å². The molecular formula is C13H12N4O3. The van der Waals surface area contributed by atoms with Crippen molar-refractivity contribution >= 4 is 23.3 Å². The van der Waals surface area contributed by atoms with E-state index in [4.69, 9.17) is 4.74 Å². The molecule has 102 valence electrons. The minimum absolute atomic E-state index is 0.0439. The van der Waals surface area contributed by atoms with Crippen molar-refractivity contribution in [3.05, 3.63) is 35.5 Å². The Morgan fingerprint density at radius 2 is 2.30 bits per heavy atom. The fraction of sp³-hybridized carbons (Fsp3) is 0.154. The second-order valence-electron chi connectivity index (χ2n) is 4.43. The van der Waals surface area contributed by atoms with E-state index >= 15 is 0 Å². The molecule has 0 spiro atoms. The molecule has 2 aromatic rings. The maximum absolute atomic E-state index is 12.1. The first-order valence-electron chi connectivity index (χ1n) is 6.01. The fourth-order valence-electron chi connectivity index (χ4n) is 1.87. The van der Waals surface area contributed by atoms with E-state index in [0.29, 0.717) is 22.8 Å². The summed E-state index contributed by atoms with van der Waals surface area (Å²) in [6, 6.07) is 4.85. The van der Waals surface area contributed by atoms with Crippen LogP contribution < -0.4 is 15.4 Å². The molecular weight excluding hydrogens is 260 g/mol. The molecule has 1 aliphatic rings. The summed E-state index contributed by atoms with van der Waals surface area (Å²) in [5.41, 5.74) is 1.85. The number of hydrogen-bond acceptors (Lipinski definition) is 4. The molecule has 2 amide bonds. The maximum Gasteiger partial charge on any atom is 0.262 e. The first-order chi connectivity index (χ1) is 9.63. The molecule has 0 unspecified atom stereocenters. The molecule has 0 atom stereocenters. The second kappa shape index (κ2) is 4.69. The molecule has 7 nitrogen and oxygen atoms in total. The Morgan fingerprint density at radius 3 is 3.05 bits per heavy atom. The molecule has 0 radical (unpaired) electrons. The number of nitrogens with zero attached hydrogens (tertiary/aromatic N) is 1. The number of aryl methyl sites for hydroxylation is 1. The van der Waals surface area contributed by atoms with Gasteiger partial charge in [0.2, 0.25) is 0 Å². The first-order valence-corrected chi connectivity index (χ1v) is 6.01. The maximum atomic E-state index is 12.1. The average molecular weight is 272 g/mol. The lowest BCUT2D eigenvalue weighted by Crippen LogP contribution is -2.25. The lowest BCUT2D eigenvalue weighted by Gasteiger charge is -2.18. The number of aromatic amines is 1. The number of fused-ring (bicyclic) bond motifs is 1. The summed E-state index contributed by atoms with van der Waals surface area (Å²) in [5.74, 6) is 0.559. The largest absolute Gasteiger partial charge is 0.482 e. The number of hydrogen-bond donors (Lipinski definition) is 3. The van der Waals surface area contributed by atoms with Crippen molar-refractivity contribution < 1.29 is 14.3 Å². The Kier molecular flexibility index (Phi) is 2.86. The van der Waals surface area contributed by atoms with E-state index < -0.39 is 0 Å². The van der Waals surface area contributed by atoms with Crippen LogP contribution in [0.5, 0.6) is 5.75 Å². The summed E-state index contributed by atoms with van der Waals surface area (Å²) in [5, 5.41) is 11.9. The highest BCUT2D eigenvalue weighted by Crippen LogP contribution is 2.28. The number of nitrogens with one attached hydrogen (secondary N) is 3. The summed E-state index contributed by atoms with van der Waals surface area (Å²) < 4.78 is 5.27. The molecule has 0 bridgehead atoms. The van der Waals surface area contributed by atoms with Gasteiger partial charge in [-0.2, -0.15) is 5.10 Å². The highest BCUT2D eigenvalue weighted by atomic mass is 16.5. The number of benzene rings is 1. The number of amides is 2. The first kappa shape index (κ1) is 12.2. The third-order valence-corrected chi connectivity index (χ3v) is 2.94. The van der Waals surface area contributed by atoms with Crippen LogP contribution in [0.25, 0.3) is 0 Å². The molecule has 1 aromatic heterocycles. The van der Waals surface area contributed by atoms with Crippen molar-refractivity contribution in [2.24, 2.45) is 0 Å². The number of ether oxygens (including phenoxy) is 1. The molecule has 3 rings (SSSR count). The Morgan fingerprint density at radius 1 is 1.45 bits per heavy atom. The van der Waals surface area contributed by atoms with Crippen molar-refractivity contribution in [3.63, 3.8) is 0 Å². The average Bonchev–Trinajstić information content (AvgIpc) is 2.83. The number of rotatable bonds is 2. The molecule has 0 saturated carbocycles. The van der Waals surface area contributed by atoms with Gasteiger partial charge in [-0.05, 0) is 25.1 Å². The predicted octanol–water partition coefficient (Wildman–Crippen LogP) is 1.30. The lowest BCUT2D eigenvalue weighted by molar-refractivity contribution is -0.118. The number of carbonyl (C=O) groups is 2. The van der Waals surface area contributed by atoms with Gasteiger partial charge < -0.3 is 15.4 Å². The summed E-state index contributed by atoms with van der Waals surface area (Å²) >= 11 is 0. The third-order valence-electron chi connectivity index (χ3n) is 2.94. The topological polar surface area (TPSA) is 96.1 Å². The van der Waals surface area contributed by atoms with Crippen LogP contribution in [0.1, 0.15) is 15.9 Å². The van der Waals surface area contributed by atoms with Crippen molar-refractivity contribution in [2.75, 3.05) is 17.2 Å². The summed E-state index contributed by atoms with van der Waals surface area (Å²) in [4.78, 5) is 23.3. The Hall–Kier alpha value is -2.83. The summed E-state index contributed by atoms with van der Waals surface area (Å²) in [7, 11) is 0. The quantitative estimate of drug-likeness (QED) is 0.767. The van der Waals surface area contributed by atoms with Crippen LogP contribution in [0, 0.1) is 6.92 Å². The molecule has 7 heteroatoms. The summed E-state index contributed by atoms with van der Waals surface area (Å²) in [6.45, 7) is 1.79. The lowest BCUT2D eigenvalue weighted by atomic mass is 10.1. The molecule has 0 aliphatic carbocycles. The van der Waals surface area contributed by atoms with Gasteiger partial charge in [0, 0.05) is 11.1 Å². The molecule has 1 aromatic carbocycles. The molecule has 3 N–H and O–H groups in total. The van der Waals surface area contributed by atoms with Gasteiger partial charge in [0.15, 0.2) is 6.61 Å². The molecule has 2 heterocycles. The third kappa shape index (κ3) is 2.20. The zero-order valence-electron chi connectivity index (χ0n) is 10.7. The Labute approximate surface area is 114 Å². The number of aromatic nitrogens is 2. The van der Waals surface area contributed by atoms with Gasteiger partial charge >= 0.3 is 0 Å². The Balaban J connectivity index is 1.82. The van der Waals surface area contributed by atoms with E-state index in [0.717, 1.165) is 5.56 Å². The zero-order chi connectivity index (χ0) is 14.1. The number of carbonyl (C=O) groups excluding carboxylic acids is 2. The highest BCUT2D eigenvalue weighted by Gasteiger charge is 2.18. The van der Waals surface area contributed by atoms with Gasteiger partial charge in [-0.25, -0.2) is 0 Å². The van der Waals surface area contributed by atoms with Crippen LogP contribution in [0.3, 0.4) is 0 Å². The zero-order valence-corrected chi connectivity index (χ0v) is 10.7. The van der Waals surface area contributed by atoms with Crippen LogP contribution in [-0.4, -0.2) is 28.6 Å². The van der Waals surface area contributed by atoms with E-state index in [2.05, 4.69) is 20.8 Å². The Bertz CT molecular complexity index is 693. The van der Waals surface area contributed by atoms with Crippen LogP contribution in [0.15, 0.2) is 24.4 Å². The molecule has 0 saturated heterocycles. The molecule has 0 fully saturated rings. The molecule has 20 heavy (non-hydrogen) atoms. The number of H-pyrrole nitrogens is 1. The monoisotopic (exact) mass is 272 g/mol. The van der Waals surface area contributed by atoms with Crippen molar-refractivity contribution in [1.29, 1.82) is 0 Å². The van der Waals surface area contributed by atoms with Crippen molar-refractivity contribution in [1.82, 2.24) is 10.2 Å². The van der Waals surface area contributed by atoms with Gasteiger partial charge in [0.1, 0.15) is 11.6 Å². The van der Waals surface area contributed by atoms with Crippen molar-refractivity contribution in [3.8, 4) is 5.75 Å². The highest BCUT2D eigenvalue weighted by molar-refractivity contribution is 6.05. The van der Waals surface area contributed by atoms with E-state index in [1.807, 2.05) is 6.92 Å². The SMILES string of the molecule is Cc1cn[nH]c1NC(=O)c1ccc2c(c1)OCC(=O)N2. The standard InChI is InChI=1S/C13H12N4O3/c1-7-5-14-17-12(7)16-13(19)8-2-3-9-10(4-8)20-6-11(18)15-9/h2-5H,6H2,1H3,(H,15,18)(H2,14,16,17,19). The van der Waals surface area contributed by atoms with Crippen molar-refractivity contribution in [2.45, 2.75) is 6.92 Å². The van der Waals surface area contributed by atoms with Gasteiger partial charge in [-0.3, -0.25) is 14.7 Å². The fourth-order valence-corrected chi connectivity index (χ4v) is 1.87. The minimum atomic E-state index is -0.277. The van der Waals surface area contributed by atoms with Crippen LogP contribution in [0.4, 0.5) is 11.5 Å². The van der Waals surface area contributed by atoms with Crippen LogP contribution in [0.2, 0.25) is 0 Å². The van der Waals surface area contributed by atoms with Gasteiger partial charge in [0.25, 0.3) is 11.8 Å². The normalized spacial score (nSPS) is 13.2. The minimum Gasteiger partial charge on any atom is -0.482 e. The predicted molar refractivity (Wildman–Crippen MR) is 71.8 cm³/mol. The number of anilines is 2. The van der Waals surface area contributed by atoms with E-state index in [-0.39, 0.29) is 18.4 Å². The molecule has 1 aliphatic heterocycles. The summed E-state index contributed by atoms with van der Waals surface area (Å²) in [6.07, 6.45) is 1.63. The van der Waals surface area contributed by atoms with Crippen LogP contribution >= 0.6 is 0 Å². The van der Waals surface area contributed by atoms with E-state index in [9.17, 15) is 9.59 Å².